The molecular formula is C17H15FO3. The fourth-order valence-electron chi connectivity index (χ4n) is 2.59. The van der Waals surface area contributed by atoms with Gasteiger partial charge in [-0.25, -0.2) is 4.39 Å². The summed E-state index contributed by atoms with van der Waals surface area (Å²) in [7, 11) is 1.55. The normalized spacial score (nSPS) is 20.6. The zero-order chi connectivity index (χ0) is 15.0. The molecule has 0 spiro atoms. The van der Waals surface area contributed by atoms with Crippen molar-refractivity contribution >= 4 is 5.78 Å². The Kier molecular flexibility index (Phi) is 3.16. The number of carbonyl (C=O) groups is 1. The summed E-state index contributed by atoms with van der Waals surface area (Å²) in [5.41, 5.74) is 0.513. The molecule has 4 heteroatoms. The van der Waals surface area contributed by atoms with Crippen LogP contribution in [0.5, 0.6) is 11.5 Å². The van der Waals surface area contributed by atoms with Crippen molar-refractivity contribution in [1.29, 1.82) is 0 Å². The van der Waals surface area contributed by atoms with Crippen LogP contribution in [-0.4, -0.2) is 12.9 Å². The second-order valence-corrected chi connectivity index (χ2v) is 5.30. The average Bonchev–Trinajstić information content (AvgIpc) is 2.47. The molecule has 1 aliphatic heterocycles. The third-order valence-electron chi connectivity index (χ3n) is 3.78. The van der Waals surface area contributed by atoms with Gasteiger partial charge in [-0.1, -0.05) is 12.1 Å². The van der Waals surface area contributed by atoms with Crippen LogP contribution < -0.4 is 9.47 Å². The number of halogens is 1. The van der Waals surface area contributed by atoms with Crippen LogP contribution in [0.1, 0.15) is 29.3 Å². The van der Waals surface area contributed by atoms with Crippen LogP contribution in [0.2, 0.25) is 0 Å². The van der Waals surface area contributed by atoms with Gasteiger partial charge in [0.25, 0.3) is 0 Å². The number of fused-ring (bicyclic) bond motifs is 1. The topological polar surface area (TPSA) is 35.5 Å². The van der Waals surface area contributed by atoms with Crippen LogP contribution in [0.25, 0.3) is 0 Å². The van der Waals surface area contributed by atoms with Crippen LogP contribution in [0.3, 0.4) is 0 Å². The molecule has 1 unspecified atom stereocenters. The molecule has 0 aliphatic carbocycles. The van der Waals surface area contributed by atoms with Crippen molar-refractivity contribution in [1.82, 2.24) is 0 Å². The van der Waals surface area contributed by atoms with E-state index in [9.17, 15) is 9.18 Å². The number of Topliss-reactive ketones (excluding diaryl/α,β-unsaturated/α-hetero) is 1. The molecule has 2 aromatic carbocycles. The monoisotopic (exact) mass is 286 g/mol. The number of rotatable bonds is 2. The van der Waals surface area contributed by atoms with Crippen molar-refractivity contribution in [3.63, 3.8) is 0 Å². The number of carbonyl (C=O) groups excluding carboxylic acids is 1. The minimum atomic E-state index is -0.785. The van der Waals surface area contributed by atoms with E-state index in [2.05, 4.69) is 0 Å². The molecule has 21 heavy (non-hydrogen) atoms. The van der Waals surface area contributed by atoms with E-state index in [1.165, 1.54) is 12.1 Å². The molecule has 0 N–H and O–H groups in total. The standard InChI is InChI=1S/C17H15FO3/c1-17(11-3-5-12(18)6-4-11)10-15(19)14-9-13(20-2)7-8-16(14)21-17/h3-9H,10H2,1-2H3. The SMILES string of the molecule is COc1ccc2c(c1)C(=O)CC(C)(c1ccc(F)cc1)O2. The first kappa shape index (κ1) is 13.6. The summed E-state index contributed by atoms with van der Waals surface area (Å²) in [4.78, 5) is 12.4. The lowest BCUT2D eigenvalue weighted by atomic mass is 9.85. The van der Waals surface area contributed by atoms with Gasteiger partial charge in [0.2, 0.25) is 0 Å². The predicted octanol–water partition coefficient (Wildman–Crippen LogP) is 3.71. The van der Waals surface area contributed by atoms with E-state index in [1.54, 1.807) is 37.4 Å². The Morgan fingerprint density at radius 2 is 1.90 bits per heavy atom. The zero-order valence-corrected chi connectivity index (χ0v) is 11.9. The van der Waals surface area contributed by atoms with E-state index in [4.69, 9.17) is 9.47 Å². The highest BCUT2D eigenvalue weighted by atomic mass is 19.1. The average molecular weight is 286 g/mol. The van der Waals surface area contributed by atoms with E-state index < -0.39 is 5.60 Å². The van der Waals surface area contributed by atoms with Gasteiger partial charge in [0.15, 0.2) is 5.78 Å². The van der Waals surface area contributed by atoms with E-state index in [0.717, 1.165) is 5.56 Å². The maximum atomic E-state index is 13.1. The van der Waals surface area contributed by atoms with Gasteiger partial charge in [0.05, 0.1) is 19.1 Å². The fraction of sp³-hybridized carbons (Fsp3) is 0.235. The van der Waals surface area contributed by atoms with Gasteiger partial charge >= 0.3 is 0 Å². The van der Waals surface area contributed by atoms with Crippen LogP contribution in [0, 0.1) is 5.82 Å². The molecule has 0 amide bonds. The molecule has 0 fully saturated rings. The summed E-state index contributed by atoms with van der Waals surface area (Å²) < 4.78 is 24.2. The lowest BCUT2D eigenvalue weighted by Gasteiger charge is -2.35. The van der Waals surface area contributed by atoms with Crippen molar-refractivity contribution < 1.29 is 18.7 Å². The quantitative estimate of drug-likeness (QED) is 0.844. The Balaban J connectivity index is 2.01. The zero-order valence-electron chi connectivity index (χ0n) is 11.9. The maximum Gasteiger partial charge on any atom is 0.171 e. The molecule has 0 bridgehead atoms. The van der Waals surface area contributed by atoms with Crippen molar-refractivity contribution in [2.24, 2.45) is 0 Å². The lowest BCUT2D eigenvalue weighted by molar-refractivity contribution is 0.0502. The van der Waals surface area contributed by atoms with Crippen molar-refractivity contribution in [3.05, 3.63) is 59.4 Å². The third-order valence-corrected chi connectivity index (χ3v) is 3.78. The molecule has 0 saturated carbocycles. The molecular weight excluding hydrogens is 271 g/mol. The smallest absolute Gasteiger partial charge is 0.171 e. The number of methoxy groups -OCH3 is 1. The van der Waals surface area contributed by atoms with Crippen LogP contribution in [0.4, 0.5) is 4.39 Å². The highest BCUT2D eigenvalue weighted by Gasteiger charge is 2.38. The largest absolute Gasteiger partial charge is 0.497 e. The van der Waals surface area contributed by atoms with Gasteiger partial charge in [0.1, 0.15) is 22.9 Å². The second kappa shape index (κ2) is 4.88. The molecule has 1 aliphatic rings. The van der Waals surface area contributed by atoms with Crippen LogP contribution >= 0.6 is 0 Å². The predicted molar refractivity (Wildman–Crippen MR) is 76.3 cm³/mol. The minimum Gasteiger partial charge on any atom is -0.497 e. The first-order valence-electron chi connectivity index (χ1n) is 6.68. The summed E-state index contributed by atoms with van der Waals surface area (Å²) in [5.74, 6) is 0.826. The molecule has 3 nitrogen and oxygen atoms in total. The Morgan fingerprint density at radius 1 is 1.19 bits per heavy atom. The highest BCUT2D eigenvalue weighted by Crippen LogP contribution is 2.40. The van der Waals surface area contributed by atoms with E-state index >= 15 is 0 Å². The number of ketones is 1. The number of ether oxygens (including phenoxy) is 2. The van der Waals surface area contributed by atoms with E-state index in [0.29, 0.717) is 17.1 Å². The first-order chi connectivity index (χ1) is 10.0. The van der Waals surface area contributed by atoms with E-state index in [-0.39, 0.29) is 18.0 Å². The summed E-state index contributed by atoms with van der Waals surface area (Å²) in [6.07, 6.45) is 0.207. The highest BCUT2D eigenvalue weighted by molar-refractivity contribution is 6.00. The van der Waals surface area contributed by atoms with Gasteiger partial charge in [0, 0.05) is 0 Å². The van der Waals surface area contributed by atoms with Gasteiger partial charge in [-0.2, -0.15) is 0 Å². The summed E-state index contributed by atoms with van der Waals surface area (Å²) in [5, 5.41) is 0. The van der Waals surface area contributed by atoms with Gasteiger partial charge in [-0.3, -0.25) is 4.79 Å². The fourth-order valence-corrected chi connectivity index (χ4v) is 2.59. The molecule has 1 heterocycles. The van der Waals surface area contributed by atoms with Gasteiger partial charge in [-0.05, 0) is 42.8 Å². The van der Waals surface area contributed by atoms with Crippen molar-refractivity contribution in [3.8, 4) is 11.5 Å². The lowest BCUT2D eigenvalue weighted by Crippen LogP contribution is -2.36. The number of benzene rings is 2. The molecule has 2 aromatic rings. The Bertz CT molecular complexity index is 694. The first-order valence-corrected chi connectivity index (χ1v) is 6.68. The summed E-state index contributed by atoms with van der Waals surface area (Å²) in [6, 6.07) is 11.2. The molecule has 1 atom stereocenters. The molecule has 0 saturated heterocycles. The third kappa shape index (κ3) is 2.37. The maximum absolute atomic E-state index is 13.1. The Hall–Kier alpha value is -2.36. The summed E-state index contributed by atoms with van der Waals surface area (Å²) in [6.45, 7) is 1.84. The van der Waals surface area contributed by atoms with E-state index in [1.807, 2.05) is 6.92 Å². The molecule has 0 radical (unpaired) electrons. The Labute approximate surface area is 122 Å². The second-order valence-electron chi connectivity index (χ2n) is 5.30. The van der Waals surface area contributed by atoms with Crippen LogP contribution in [-0.2, 0) is 5.60 Å². The number of hydrogen-bond acceptors (Lipinski definition) is 3. The van der Waals surface area contributed by atoms with Gasteiger partial charge < -0.3 is 9.47 Å². The van der Waals surface area contributed by atoms with Crippen molar-refractivity contribution in [2.75, 3.05) is 7.11 Å². The van der Waals surface area contributed by atoms with Crippen LogP contribution in [0.15, 0.2) is 42.5 Å². The van der Waals surface area contributed by atoms with Gasteiger partial charge in [-0.15, -0.1) is 0 Å². The molecule has 0 aromatic heterocycles. The Morgan fingerprint density at radius 3 is 2.57 bits per heavy atom. The summed E-state index contributed by atoms with van der Waals surface area (Å²) >= 11 is 0. The minimum absolute atomic E-state index is 0.0121. The molecule has 108 valence electrons. The number of hydrogen-bond donors (Lipinski definition) is 0. The molecule has 3 rings (SSSR count). The van der Waals surface area contributed by atoms with Crippen molar-refractivity contribution in [2.45, 2.75) is 18.9 Å².